The second-order valence-corrected chi connectivity index (χ2v) is 5.27. The van der Waals surface area contributed by atoms with Gasteiger partial charge in [0.1, 0.15) is 0 Å². The van der Waals surface area contributed by atoms with Gasteiger partial charge in [-0.2, -0.15) is 0 Å². The van der Waals surface area contributed by atoms with Crippen molar-refractivity contribution in [2.45, 2.75) is 6.54 Å². The minimum Gasteiger partial charge on any atom is -0.397 e. The molecule has 3 N–H and O–H groups in total. The lowest BCUT2D eigenvalue weighted by molar-refractivity contribution is 0.0963. The van der Waals surface area contributed by atoms with Gasteiger partial charge in [-0.05, 0) is 35.9 Å². The van der Waals surface area contributed by atoms with Crippen molar-refractivity contribution in [3.8, 4) is 0 Å². The minimum absolute atomic E-state index is 0.129. The van der Waals surface area contributed by atoms with E-state index in [0.29, 0.717) is 22.8 Å². The molecule has 2 aromatic carbocycles. The van der Waals surface area contributed by atoms with Crippen LogP contribution >= 0.6 is 11.6 Å². The zero-order chi connectivity index (χ0) is 15.4. The van der Waals surface area contributed by atoms with E-state index in [1.165, 1.54) is 0 Å². The second-order valence-electron chi connectivity index (χ2n) is 4.84. The molecule has 0 saturated carbocycles. The first-order chi connectivity index (χ1) is 10.0. The number of carbonyl (C=O) groups is 1. The van der Waals surface area contributed by atoms with Crippen molar-refractivity contribution in [1.82, 2.24) is 5.32 Å². The Morgan fingerprint density at radius 2 is 1.90 bits per heavy atom. The van der Waals surface area contributed by atoms with Crippen molar-refractivity contribution in [1.29, 1.82) is 0 Å². The SMILES string of the molecule is CNC(=O)c1ccc(N)c(N(C)Cc2ccc(Cl)cc2)c1. The van der Waals surface area contributed by atoms with Gasteiger partial charge in [0, 0.05) is 31.2 Å². The highest BCUT2D eigenvalue weighted by Crippen LogP contribution is 2.25. The van der Waals surface area contributed by atoms with Crippen LogP contribution in [-0.4, -0.2) is 20.0 Å². The monoisotopic (exact) mass is 303 g/mol. The third-order valence-corrected chi connectivity index (χ3v) is 3.52. The van der Waals surface area contributed by atoms with E-state index >= 15 is 0 Å². The summed E-state index contributed by atoms with van der Waals surface area (Å²) in [6, 6.07) is 12.9. The fourth-order valence-electron chi connectivity index (χ4n) is 2.11. The van der Waals surface area contributed by atoms with Crippen LogP contribution in [0, 0.1) is 0 Å². The minimum atomic E-state index is -0.129. The summed E-state index contributed by atoms with van der Waals surface area (Å²) in [5.74, 6) is -0.129. The van der Waals surface area contributed by atoms with Gasteiger partial charge in [-0.3, -0.25) is 4.79 Å². The van der Waals surface area contributed by atoms with Crippen LogP contribution in [0.5, 0.6) is 0 Å². The third kappa shape index (κ3) is 3.67. The average Bonchev–Trinajstić information content (AvgIpc) is 2.49. The maximum Gasteiger partial charge on any atom is 0.251 e. The van der Waals surface area contributed by atoms with Gasteiger partial charge in [-0.25, -0.2) is 0 Å². The van der Waals surface area contributed by atoms with Crippen LogP contribution in [-0.2, 0) is 6.54 Å². The summed E-state index contributed by atoms with van der Waals surface area (Å²) >= 11 is 5.88. The van der Waals surface area contributed by atoms with Crippen molar-refractivity contribution in [3.63, 3.8) is 0 Å². The molecule has 0 saturated heterocycles. The summed E-state index contributed by atoms with van der Waals surface area (Å²) in [5.41, 5.74) is 9.18. The largest absolute Gasteiger partial charge is 0.397 e. The molecular weight excluding hydrogens is 286 g/mol. The van der Waals surface area contributed by atoms with E-state index in [4.69, 9.17) is 17.3 Å². The third-order valence-electron chi connectivity index (χ3n) is 3.26. The number of rotatable bonds is 4. The molecule has 0 aliphatic carbocycles. The molecule has 0 unspecified atom stereocenters. The lowest BCUT2D eigenvalue weighted by Crippen LogP contribution is -2.21. The highest BCUT2D eigenvalue weighted by Gasteiger charge is 2.10. The molecular formula is C16H18ClN3O. The number of hydrogen-bond donors (Lipinski definition) is 2. The van der Waals surface area contributed by atoms with Gasteiger partial charge in [0.2, 0.25) is 0 Å². The van der Waals surface area contributed by atoms with Crippen LogP contribution < -0.4 is 16.0 Å². The molecule has 0 heterocycles. The predicted octanol–water partition coefficient (Wildman–Crippen LogP) is 2.92. The molecule has 0 aromatic heterocycles. The number of benzene rings is 2. The summed E-state index contributed by atoms with van der Waals surface area (Å²) in [4.78, 5) is 13.7. The van der Waals surface area contributed by atoms with Crippen LogP contribution in [0.1, 0.15) is 15.9 Å². The average molecular weight is 304 g/mol. The van der Waals surface area contributed by atoms with Gasteiger partial charge in [0.15, 0.2) is 0 Å². The number of carbonyl (C=O) groups excluding carboxylic acids is 1. The molecule has 4 nitrogen and oxygen atoms in total. The first-order valence-electron chi connectivity index (χ1n) is 6.58. The topological polar surface area (TPSA) is 58.4 Å². The van der Waals surface area contributed by atoms with Gasteiger partial charge in [0.05, 0.1) is 11.4 Å². The first-order valence-corrected chi connectivity index (χ1v) is 6.96. The number of hydrogen-bond acceptors (Lipinski definition) is 3. The van der Waals surface area contributed by atoms with Crippen LogP contribution in [0.25, 0.3) is 0 Å². The van der Waals surface area contributed by atoms with E-state index in [2.05, 4.69) is 5.32 Å². The molecule has 0 spiro atoms. The Labute approximate surface area is 129 Å². The number of anilines is 2. The van der Waals surface area contributed by atoms with Crippen LogP contribution in [0.2, 0.25) is 5.02 Å². The van der Waals surface area contributed by atoms with E-state index in [9.17, 15) is 4.79 Å². The lowest BCUT2D eigenvalue weighted by Gasteiger charge is -2.22. The Balaban J connectivity index is 2.23. The lowest BCUT2D eigenvalue weighted by atomic mass is 10.1. The number of halogens is 1. The Morgan fingerprint density at radius 3 is 2.52 bits per heavy atom. The van der Waals surface area contributed by atoms with Gasteiger partial charge >= 0.3 is 0 Å². The van der Waals surface area contributed by atoms with Gasteiger partial charge in [0.25, 0.3) is 5.91 Å². The maximum atomic E-state index is 11.7. The molecule has 5 heteroatoms. The van der Waals surface area contributed by atoms with E-state index in [1.54, 1.807) is 25.2 Å². The first kappa shape index (κ1) is 15.2. The molecule has 110 valence electrons. The molecule has 2 aromatic rings. The van der Waals surface area contributed by atoms with E-state index < -0.39 is 0 Å². The smallest absolute Gasteiger partial charge is 0.251 e. The molecule has 0 bridgehead atoms. The zero-order valence-electron chi connectivity index (χ0n) is 12.1. The van der Waals surface area contributed by atoms with Crippen molar-refractivity contribution in [2.75, 3.05) is 24.7 Å². The molecule has 0 aliphatic heterocycles. The van der Waals surface area contributed by atoms with E-state index in [0.717, 1.165) is 11.3 Å². The molecule has 0 aliphatic rings. The molecule has 0 radical (unpaired) electrons. The van der Waals surface area contributed by atoms with Crippen molar-refractivity contribution < 1.29 is 4.79 Å². The molecule has 0 fully saturated rings. The van der Waals surface area contributed by atoms with Crippen molar-refractivity contribution in [2.24, 2.45) is 0 Å². The van der Waals surface area contributed by atoms with Crippen molar-refractivity contribution >= 4 is 28.9 Å². The zero-order valence-corrected chi connectivity index (χ0v) is 12.8. The Bertz CT molecular complexity index is 640. The highest BCUT2D eigenvalue weighted by atomic mass is 35.5. The fourth-order valence-corrected chi connectivity index (χ4v) is 2.23. The number of nitrogens with one attached hydrogen (secondary N) is 1. The standard InChI is InChI=1S/C16H18ClN3O/c1-19-16(21)12-5-8-14(18)15(9-12)20(2)10-11-3-6-13(17)7-4-11/h3-9H,10,18H2,1-2H3,(H,19,21). The van der Waals surface area contributed by atoms with Crippen LogP contribution in [0.3, 0.4) is 0 Å². The number of amides is 1. The molecule has 1 amide bonds. The molecule has 0 atom stereocenters. The second kappa shape index (κ2) is 6.50. The van der Waals surface area contributed by atoms with Crippen LogP contribution in [0.15, 0.2) is 42.5 Å². The van der Waals surface area contributed by atoms with Crippen molar-refractivity contribution in [3.05, 3.63) is 58.6 Å². The summed E-state index contributed by atoms with van der Waals surface area (Å²) < 4.78 is 0. The normalized spacial score (nSPS) is 10.2. The van der Waals surface area contributed by atoms with E-state index in [1.807, 2.05) is 36.2 Å². The van der Waals surface area contributed by atoms with Gasteiger partial charge < -0.3 is 16.0 Å². The maximum absolute atomic E-state index is 11.7. The highest BCUT2D eigenvalue weighted by molar-refractivity contribution is 6.30. The summed E-state index contributed by atoms with van der Waals surface area (Å²) in [7, 11) is 3.55. The molecule has 2 rings (SSSR count). The quantitative estimate of drug-likeness (QED) is 0.854. The Morgan fingerprint density at radius 1 is 1.24 bits per heavy atom. The predicted molar refractivity (Wildman–Crippen MR) is 87.8 cm³/mol. The number of nitrogens with zero attached hydrogens (tertiary/aromatic N) is 1. The Kier molecular flexibility index (Phi) is 4.70. The van der Waals surface area contributed by atoms with Crippen LogP contribution in [0.4, 0.5) is 11.4 Å². The van der Waals surface area contributed by atoms with Gasteiger partial charge in [-0.1, -0.05) is 23.7 Å². The number of nitrogen functional groups attached to an aromatic ring is 1. The Hall–Kier alpha value is -2.20. The van der Waals surface area contributed by atoms with Gasteiger partial charge in [-0.15, -0.1) is 0 Å². The van der Waals surface area contributed by atoms with E-state index in [-0.39, 0.29) is 5.91 Å². The fraction of sp³-hybridized carbons (Fsp3) is 0.188. The summed E-state index contributed by atoms with van der Waals surface area (Å²) in [6.45, 7) is 0.679. The number of nitrogens with two attached hydrogens (primary N) is 1. The summed E-state index contributed by atoms with van der Waals surface area (Å²) in [5, 5.41) is 3.32. The summed E-state index contributed by atoms with van der Waals surface area (Å²) in [6.07, 6.45) is 0. The molecule has 21 heavy (non-hydrogen) atoms.